The Hall–Kier alpha value is -3.14. The first kappa shape index (κ1) is 16.7. The van der Waals surface area contributed by atoms with Gasteiger partial charge >= 0.3 is 5.97 Å². The molecule has 0 bridgehead atoms. The van der Waals surface area contributed by atoms with Gasteiger partial charge in [0.15, 0.2) is 0 Å². The molecule has 3 aromatic rings. The zero-order valence-electron chi connectivity index (χ0n) is 13.9. The lowest BCUT2D eigenvalue weighted by Crippen LogP contribution is -2.30. The Morgan fingerprint density at radius 3 is 2.44 bits per heavy atom. The summed E-state index contributed by atoms with van der Waals surface area (Å²) in [6.45, 7) is 1.94. The monoisotopic (exact) mass is 333 g/mol. The molecule has 0 saturated heterocycles. The zero-order valence-corrected chi connectivity index (χ0v) is 13.9. The summed E-state index contributed by atoms with van der Waals surface area (Å²) >= 11 is 0. The Kier molecular flexibility index (Phi) is 4.80. The van der Waals surface area contributed by atoms with Crippen LogP contribution in [0.4, 0.5) is 0 Å². The number of aliphatic carboxylic acids is 1. The minimum atomic E-state index is -0.953. The van der Waals surface area contributed by atoms with E-state index < -0.39 is 12.0 Å². The number of amides is 1. The highest BCUT2D eigenvalue weighted by Gasteiger charge is 2.19. The number of carboxylic acids is 1. The standard InChI is InChI=1S/C21H19NO3/c1-14-5-4-8-17(11-14)19(13-20(23)24)22-21(25)18-10-9-15-6-2-3-7-16(15)12-18/h2-12,19H,13H2,1H3,(H,22,25)(H,23,24). The largest absolute Gasteiger partial charge is 0.481 e. The summed E-state index contributed by atoms with van der Waals surface area (Å²) in [5.41, 5.74) is 2.33. The van der Waals surface area contributed by atoms with Crippen molar-refractivity contribution in [2.24, 2.45) is 0 Å². The summed E-state index contributed by atoms with van der Waals surface area (Å²) < 4.78 is 0. The minimum absolute atomic E-state index is 0.164. The molecule has 4 nitrogen and oxygen atoms in total. The lowest BCUT2D eigenvalue weighted by molar-refractivity contribution is -0.137. The van der Waals surface area contributed by atoms with Crippen LogP contribution in [0.15, 0.2) is 66.7 Å². The van der Waals surface area contributed by atoms with Gasteiger partial charge in [-0.1, -0.05) is 60.2 Å². The molecule has 3 rings (SSSR count). The van der Waals surface area contributed by atoms with E-state index in [0.717, 1.165) is 21.9 Å². The van der Waals surface area contributed by atoms with Gasteiger partial charge in [-0.15, -0.1) is 0 Å². The van der Waals surface area contributed by atoms with E-state index in [9.17, 15) is 14.7 Å². The molecule has 126 valence electrons. The molecule has 0 aliphatic carbocycles. The molecule has 1 amide bonds. The highest BCUT2D eigenvalue weighted by atomic mass is 16.4. The molecule has 4 heteroatoms. The molecule has 0 spiro atoms. The van der Waals surface area contributed by atoms with Crippen LogP contribution in [0.5, 0.6) is 0 Å². The van der Waals surface area contributed by atoms with Crippen LogP contribution in [0.3, 0.4) is 0 Å². The van der Waals surface area contributed by atoms with Crippen molar-refractivity contribution in [1.82, 2.24) is 5.32 Å². The Balaban J connectivity index is 1.87. The van der Waals surface area contributed by atoms with Gasteiger partial charge in [-0.2, -0.15) is 0 Å². The number of hydrogen-bond acceptors (Lipinski definition) is 2. The summed E-state index contributed by atoms with van der Waals surface area (Å²) in [5, 5.41) is 14.1. The van der Waals surface area contributed by atoms with Crippen LogP contribution < -0.4 is 5.32 Å². The Morgan fingerprint density at radius 1 is 0.960 bits per heavy atom. The summed E-state index contributed by atoms with van der Waals surface area (Å²) in [6.07, 6.45) is -0.164. The first-order chi connectivity index (χ1) is 12.0. The molecule has 0 heterocycles. The predicted octanol–water partition coefficient (Wildman–Crippen LogP) is 4.09. The number of carbonyl (C=O) groups excluding carboxylic acids is 1. The van der Waals surface area contributed by atoms with Crippen molar-refractivity contribution in [3.05, 3.63) is 83.4 Å². The average molecular weight is 333 g/mol. The summed E-state index contributed by atoms with van der Waals surface area (Å²) in [6, 6.07) is 20.2. The number of aryl methyl sites for hydroxylation is 1. The summed E-state index contributed by atoms with van der Waals surface area (Å²) in [7, 11) is 0. The minimum Gasteiger partial charge on any atom is -0.481 e. The van der Waals surface area contributed by atoms with Crippen molar-refractivity contribution in [2.75, 3.05) is 0 Å². The maximum absolute atomic E-state index is 12.6. The lowest BCUT2D eigenvalue weighted by atomic mass is 10.0. The van der Waals surface area contributed by atoms with E-state index >= 15 is 0 Å². The molecule has 0 fully saturated rings. The van der Waals surface area contributed by atoms with E-state index in [1.54, 1.807) is 6.07 Å². The number of carboxylic acid groups (broad SMARTS) is 1. The highest BCUT2D eigenvalue weighted by Crippen LogP contribution is 2.20. The van der Waals surface area contributed by atoms with Crippen LogP contribution in [-0.2, 0) is 4.79 Å². The summed E-state index contributed by atoms with van der Waals surface area (Å²) in [4.78, 5) is 23.8. The third-order valence-electron chi connectivity index (χ3n) is 4.14. The van der Waals surface area contributed by atoms with Crippen molar-refractivity contribution >= 4 is 22.6 Å². The third kappa shape index (κ3) is 4.04. The van der Waals surface area contributed by atoms with Crippen molar-refractivity contribution in [1.29, 1.82) is 0 Å². The first-order valence-corrected chi connectivity index (χ1v) is 8.11. The number of benzene rings is 3. The lowest BCUT2D eigenvalue weighted by Gasteiger charge is -2.18. The van der Waals surface area contributed by atoms with Gasteiger partial charge in [0.25, 0.3) is 5.91 Å². The topological polar surface area (TPSA) is 66.4 Å². The fourth-order valence-electron chi connectivity index (χ4n) is 2.89. The second-order valence-corrected chi connectivity index (χ2v) is 6.10. The maximum Gasteiger partial charge on any atom is 0.305 e. The molecule has 1 atom stereocenters. The smallest absolute Gasteiger partial charge is 0.305 e. The van der Waals surface area contributed by atoms with Crippen molar-refractivity contribution in [3.63, 3.8) is 0 Å². The summed E-state index contributed by atoms with van der Waals surface area (Å²) in [5.74, 6) is -1.23. The van der Waals surface area contributed by atoms with Gasteiger partial charge in [-0.05, 0) is 35.4 Å². The van der Waals surface area contributed by atoms with E-state index in [2.05, 4.69) is 5.32 Å². The molecular formula is C21H19NO3. The predicted molar refractivity (Wildman–Crippen MR) is 97.6 cm³/mol. The van der Waals surface area contributed by atoms with E-state index in [0.29, 0.717) is 5.56 Å². The zero-order chi connectivity index (χ0) is 17.8. The molecule has 0 aliphatic rings. The fourth-order valence-corrected chi connectivity index (χ4v) is 2.89. The van der Waals surface area contributed by atoms with Crippen molar-refractivity contribution in [3.8, 4) is 0 Å². The molecule has 0 radical (unpaired) electrons. The fraction of sp³-hybridized carbons (Fsp3) is 0.143. The van der Waals surface area contributed by atoms with Crippen LogP contribution in [0.1, 0.15) is 33.9 Å². The van der Waals surface area contributed by atoms with Gasteiger partial charge in [0.2, 0.25) is 0 Å². The van der Waals surface area contributed by atoms with Crippen LogP contribution in [0.2, 0.25) is 0 Å². The average Bonchev–Trinajstić information content (AvgIpc) is 2.60. The maximum atomic E-state index is 12.6. The first-order valence-electron chi connectivity index (χ1n) is 8.11. The molecule has 0 saturated carbocycles. The quantitative estimate of drug-likeness (QED) is 0.739. The van der Waals surface area contributed by atoms with Gasteiger partial charge in [0.05, 0.1) is 12.5 Å². The second-order valence-electron chi connectivity index (χ2n) is 6.10. The highest BCUT2D eigenvalue weighted by molar-refractivity contribution is 5.98. The molecule has 1 unspecified atom stereocenters. The van der Waals surface area contributed by atoms with E-state index in [-0.39, 0.29) is 12.3 Å². The van der Waals surface area contributed by atoms with Gasteiger partial charge < -0.3 is 10.4 Å². The number of rotatable bonds is 5. The van der Waals surface area contributed by atoms with Gasteiger partial charge in [-0.25, -0.2) is 0 Å². The van der Waals surface area contributed by atoms with Crippen molar-refractivity contribution in [2.45, 2.75) is 19.4 Å². The van der Waals surface area contributed by atoms with E-state index in [1.807, 2.05) is 67.6 Å². The van der Waals surface area contributed by atoms with Gasteiger partial charge in [0, 0.05) is 5.56 Å². The van der Waals surface area contributed by atoms with Crippen molar-refractivity contribution < 1.29 is 14.7 Å². The molecular weight excluding hydrogens is 314 g/mol. The number of hydrogen-bond donors (Lipinski definition) is 2. The Bertz CT molecular complexity index is 933. The molecule has 3 aromatic carbocycles. The van der Waals surface area contributed by atoms with Crippen LogP contribution in [-0.4, -0.2) is 17.0 Å². The van der Waals surface area contributed by atoms with Crippen LogP contribution in [0, 0.1) is 6.92 Å². The number of nitrogens with one attached hydrogen (secondary N) is 1. The number of fused-ring (bicyclic) bond motifs is 1. The number of carbonyl (C=O) groups is 2. The van der Waals surface area contributed by atoms with Gasteiger partial charge in [0.1, 0.15) is 0 Å². The molecule has 0 aromatic heterocycles. The molecule has 25 heavy (non-hydrogen) atoms. The van der Waals surface area contributed by atoms with Crippen LogP contribution in [0.25, 0.3) is 10.8 Å². The SMILES string of the molecule is Cc1cccc(C(CC(=O)O)NC(=O)c2ccc3ccccc3c2)c1. The Morgan fingerprint density at radius 2 is 1.72 bits per heavy atom. The second kappa shape index (κ2) is 7.18. The van der Waals surface area contributed by atoms with E-state index in [1.165, 1.54) is 0 Å². The Labute approximate surface area is 146 Å². The van der Waals surface area contributed by atoms with Crippen LogP contribution >= 0.6 is 0 Å². The molecule has 2 N–H and O–H groups in total. The third-order valence-corrected chi connectivity index (χ3v) is 4.14. The normalized spacial score (nSPS) is 11.9. The van der Waals surface area contributed by atoms with Gasteiger partial charge in [-0.3, -0.25) is 9.59 Å². The molecule has 0 aliphatic heterocycles. The van der Waals surface area contributed by atoms with E-state index in [4.69, 9.17) is 0 Å².